The lowest BCUT2D eigenvalue weighted by Gasteiger charge is -2.26. The number of carboxylic acids is 1. The third-order valence-corrected chi connectivity index (χ3v) is 2.76. The fourth-order valence-electron chi connectivity index (χ4n) is 1.72. The molecular formula is C12H19N3O5. The smallest absolute Gasteiger partial charge is 0.322 e. The maximum atomic E-state index is 11.8. The minimum atomic E-state index is -1.13. The highest BCUT2D eigenvalue weighted by atomic mass is 16.5. The molecule has 20 heavy (non-hydrogen) atoms. The summed E-state index contributed by atoms with van der Waals surface area (Å²) >= 11 is 0. The number of rotatable bonds is 6. The van der Waals surface area contributed by atoms with Gasteiger partial charge in [-0.3, -0.25) is 9.59 Å². The predicted molar refractivity (Wildman–Crippen MR) is 70.2 cm³/mol. The van der Waals surface area contributed by atoms with Crippen LogP contribution in [-0.4, -0.2) is 67.8 Å². The van der Waals surface area contributed by atoms with E-state index in [-0.39, 0.29) is 12.6 Å². The van der Waals surface area contributed by atoms with Crippen LogP contribution in [0.5, 0.6) is 0 Å². The van der Waals surface area contributed by atoms with Crippen molar-refractivity contribution in [2.75, 3.05) is 39.9 Å². The molecule has 0 atom stereocenters. The Kier molecular flexibility index (Phi) is 6.51. The lowest BCUT2D eigenvalue weighted by Crippen LogP contribution is -2.46. The summed E-state index contributed by atoms with van der Waals surface area (Å²) < 4.78 is 5.01. The fourth-order valence-corrected chi connectivity index (χ4v) is 1.72. The summed E-state index contributed by atoms with van der Waals surface area (Å²) in [5.74, 6) is -1.66. The Labute approximate surface area is 116 Å². The number of nitrogens with zero attached hydrogens (tertiary/aromatic N) is 1. The molecule has 3 N–H and O–H groups in total. The summed E-state index contributed by atoms with van der Waals surface area (Å²) in [6.45, 7) is 0.908. The van der Waals surface area contributed by atoms with E-state index in [0.717, 1.165) is 12.0 Å². The number of ether oxygens (including phenoxy) is 1. The lowest BCUT2D eigenvalue weighted by atomic mass is 10.1. The van der Waals surface area contributed by atoms with Crippen LogP contribution in [0.2, 0.25) is 0 Å². The Morgan fingerprint density at radius 1 is 1.35 bits per heavy atom. The van der Waals surface area contributed by atoms with E-state index in [2.05, 4.69) is 10.6 Å². The zero-order valence-electron chi connectivity index (χ0n) is 11.3. The number of urea groups is 1. The van der Waals surface area contributed by atoms with E-state index in [1.807, 2.05) is 6.08 Å². The number of methoxy groups -OCH3 is 1. The first-order valence-electron chi connectivity index (χ1n) is 6.21. The molecule has 0 radical (unpaired) electrons. The summed E-state index contributed by atoms with van der Waals surface area (Å²) in [7, 11) is 1.62. The summed E-state index contributed by atoms with van der Waals surface area (Å²) in [5, 5.41) is 13.0. The number of carbonyl (C=O) groups excluding carboxylic acids is 2. The van der Waals surface area contributed by atoms with Crippen molar-refractivity contribution >= 4 is 17.9 Å². The van der Waals surface area contributed by atoms with Gasteiger partial charge in [-0.15, -0.1) is 0 Å². The third kappa shape index (κ3) is 5.70. The number of hydrogen-bond donors (Lipinski definition) is 3. The molecular weight excluding hydrogens is 266 g/mol. The average molecular weight is 285 g/mol. The van der Waals surface area contributed by atoms with Gasteiger partial charge >= 0.3 is 12.0 Å². The van der Waals surface area contributed by atoms with Crippen LogP contribution in [0.15, 0.2) is 11.6 Å². The molecule has 1 rings (SSSR count). The number of carbonyl (C=O) groups is 3. The Hall–Kier alpha value is -2.09. The second-order valence-electron chi connectivity index (χ2n) is 4.32. The Morgan fingerprint density at radius 3 is 2.65 bits per heavy atom. The summed E-state index contributed by atoms with van der Waals surface area (Å²) in [6, 6.07) is -0.344. The van der Waals surface area contributed by atoms with Gasteiger partial charge in [-0.25, -0.2) is 4.79 Å². The van der Waals surface area contributed by atoms with Crippen LogP contribution < -0.4 is 10.6 Å². The molecule has 1 aliphatic heterocycles. The molecule has 0 aromatic heterocycles. The standard InChI is InChI=1S/C12H19N3O5/c1-20-8-9-2-4-15(5-3-9)12(19)14-6-10(16)13-7-11(17)18/h2H,3-8H2,1H3,(H,13,16)(H,14,19)(H,17,18). The molecule has 0 aromatic carbocycles. The van der Waals surface area contributed by atoms with Crippen LogP contribution in [0.1, 0.15) is 6.42 Å². The van der Waals surface area contributed by atoms with Gasteiger partial charge in [-0.05, 0) is 12.0 Å². The van der Waals surface area contributed by atoms with Crippen molar-refractivity contribution in [3.8, 4) is 0 Å². The lowest BCUT2D eigenvalue weighted by molar-refractivity contribution is -0.137. The van der Waals surface area contributed by atoms with Crippen molar-refractivity contribution < 1.29 is 24.2 Å². The van der Waals surface area contributed by atoms with Crippen LogP contribution in [0.3, 0.4) is 0 Å². The zero-order chi connectivity index (χ0) is 15.0. The molecule has 1 heterocycles. The van der Waals surface area contributed by atoms with Gasteiger partial charge in [-0.1, -0.05) is 6.08 Å². The molecule has 0 unspecified atom stereocenters. The quantitative estimate of drug-likeness (QED) is 0.552. The first kappa shape index (κ1) is 16.0. The molecule has 3 amide bonds. The maximum Gasteiger partial charge on any atom is 0.322 e. The average Bonchev–Trinajstić information content (AvgIpc) is 2.43. The van der Waals surface area contributed by atoms with Gasteiger partial charge in [0.15, 0.2) is 0 Å². The van der Waals surface area contributed by atoms with Crippen LogP contribution in [0.25, 0.3) is 0 Å². The van der Waals surface area contributed by atoms with E-state index < -0.39 is 18.4 Å². The topological polar surface area (TPSA) is 108 Å². The fraction of sp³-hybridized carbons (Fsp3) is 0.583. The van der Waals surface area contributed by atoms with Gasteiger partial charge in [-0.2, -0.15) is 0 Å². The second-order valence-corrected chi connectivity index (χ2v) is 4.32. The van der Waals surface area contributed by atoms with Crippen molar-refractivity contribution in [2.45, 2.75) is 6.42 Å². The largest absolute Gasteiger partial charge is 0.480 e. The number of amides is 3. The minimum absolute atomic E-state index is 0.239. The van der Waals surface area contributed by atoms with Gasteiger partial charge < -0.3 is 25.4 Å². The van der Waals surface area contributed by atoms with Crippen LogP contribution >= 0.6 is 0 Å². The monoisotopic (exact) mass is 285 g/mol. The predicted octanol–water partition coefficient (Wildman–Crippen LogP) is -0.825. The van der Waals surface area contributed by atoms with Crippen molar-refractivity contribution in [3.63, 3.8) is 0 Å². The van der Waals surface area contributed by atoms with Gasteiger partial charge in [0.25, 0.3) is 0 Å². The number of nitrogens with one attached hydrogen (secondary N) is 2. The van der Waals surface area contributed by atoms with E-state index in [0.29, 0.717) is 19.7 Å². The van der Waals surface area contributed by atoms with Crippen LogP contribution in [-0.2, 0) is 14.3 Å². The molecule has 1 aliphatic rings. The molecule has 112 valence electrons. The summed E-state index contributed by atoms with van der Waals surface area (Å²) in [5.41, 5.74) is 1.15. The molecule has 8 heteroatoms. The number of aliphatic carboxylic acids is 1. The molecule has 0 saturated carbocycles. The molecule has 8 nitrogen and oxygen atoms in total. The molecule has 0 fully saturated rings. The molecule has 0 aromatic rings. The Balaban J connectivity index is 2.27. The number of carboxylic acid groups (broad SMARTS) is 1. The molecule has 0 saturated heterocycles. The zero-order valence-corrected chi connectivity index (χ0v) is 11.3. The van der Waals surface area contributed by atoms with Gasteiger partial charge in [0.2, 0.25) is 5.91 Å². The van der Waals surface area contributed by atoms with Crippen molar-refractivity contribution in [1.29, 1.82) is 0 Å². The summed E-state index contributed by atoms with van der Waals surface area (Å²) in [6.07, 6.45) is 2.67. The first-order chi connectivity index (χ1) is 9.52. The third-order valence-electron chi connectivity index (χ3n) is 2.76. The van der Waals surface area contributed by atoms with Crippen molar-refractivity contribution in [3.05, 3.63) is 11.6 Å². The summed E-state index contributed by atoms with van der Waals surface area (Å²) in [4.78, 5) is 34.8. The first-order valence-corrected chi connectivity index (χ1v) is 6.21. The maximum absolute atomic E-state index is 11.8. The van der Waals surface area contributed by atoms with Gasteiger partial charge in [0.05, 0.1) is 13.2 Å². The Bertz CT molecular complexity index is 408. The normalized spacial score (nSPS) is 14.4. The van der Waals surface area contributed by atoms with Gasteiger partial charge in [0.1, 0.15) is 6.54 Å². The highest BCUT2D eigenvalue weighted by molar-refractivity contribution is 5.86. The van der Waals surface area contributed by atoms with E-state index >= 15 is 0 Å². The molecule has 0 bridgehead atoms. The van der Waals surface area contributed by atoms with Crippen LogP contribution in [0, 0.1) is 0 Å². The van der Waals surface area contributed by atoms with Gasteiger partial charge in [0, 0.05) is 20.2 Å². The van der Waals surface area contributed by atoms with Crippen molar-refractivity contribution in [1.82, 2.24) is 15.5 Å². The highest BCUT2D eigenvalue weighted by Crippen LogP contribution is 2.10. The second kappa shape index (κ2) is 8.16. The molecule has 0 aliphatic carbocycles. The molecule has 0 spiro atoms. The van der Waals surface area contributed by atoms with E-state index in [1.165, 1.54) is 0 Å². The SMILES string of the molecule is COCC1=CCN(C(=O)NCC(=O)NCC(=O)O)CC1. The van der Waals surface area contributed by atoms with E-state index in [9.17, 15) is 14.4 Å². The highest BCUT2D eigenvalue weighted by Gasteiger charge is 2.17. The Morgan fingerprint density at radius 2 is 2.10 bits per heavy atom. The van der Waals surface area contributed by atoms with Crippen molar-refractivity contribution in [2.24, 2.45) is 0 Å². The number of hydrogen-bond acceptors (Lipinski definition) is 4. The van der Waals surface area contributed by atoms with Crippen LogP contribution in [0.4, 0.5) is 4.79 Å². The minimum Gasteiger partial charge on any atom is -0.480 e. The van der Waals surface area contributed by atoms with E-state index in [1.54, 1.807) is 12.0 Å². The van der Waals surface area contributed by atoms with E-state index in [4.69, 9.17) is 9.84 Å².